The fourth-order valence-electron chi connectivity index (χ4n) is 1.07. The second-order valence-electron chi connectivity index (χ2n) is 3.24. The second-order valence-corrected chi connectivity index (χ2v) is 4.49. The second kappa shape index (κ2) is 7.03. The number of benzene rings is 1. The molecule has 0 radical (unpaired) electrons. The van der Waals surface area contributed by atoms with Gasteiger partial charge in [0.1, 0.15) is 0 Å². The highest BCUT2D eigenvalue weighted by atomic mass is 127. The van der Waals surface area contributed by atoms with E-state index in [0.29, 0.717) is 6.42 Å². The number of halogens is 2. The van der Waals surface area contributed by atoms with E-state index in [4.69, 9.17) is 5.73 Å². The quantitative estimate of drug-likeness (QED) is 0.830. The number of anilines is 1. The van der Waals surface area contributed by atoms with Gasteiger partial charge in [0, 0.05) is 21.7 Å². The molecule has 1 amide bonds. The van der Waals surface area contributed by atoms with Crippen LogP contribution in [0.3, 0.4) is 0 Å². The Kier molecular flexibility index (Phi) is 6.87. The summed E-state index contributed by atoms with van der Waals surface area (Å²) < 4.78 is 1.10. The topological polar surface area (TPSA) is 55.1 Å². The van der Waals surface area contributed by atoms with Gasteiger partial charge in [-0.1, -0.05) is 6.07 Å². The van der Waals surface area contributed by atoms with Crippen LogP contribution in [0.1, 0.15) is 13.3 Å². The monoisotopic (exact) mass is 340 g/mol. The minimum atomic E-state index is -0.0993. The number of nitrogens with two attached hydrogens (primary N) is 1. The third-order valence-electron chi connectivity index (χ3n) is 1.62. The summed E-state index contributed by atoms with van der Waals surface area (Å²) in [6.07, 6.45) is 0.353. The van der Waals surface area contributed by atoms with Crippen molar-refractivity contribution in [1.29, 1.82) is 0 Å². The van der Waals surface area contributed by atoms with Crippen LogP contribution >= 0.6 is 35.0 Å². The highest BCUT2D eigenvalue weighted by Gasteiger charge is 2.04. The van der Waals surface area contributed by atoms with Gasteiger partial charge >= 0.3 is 0 Å². The number of carbonyl (C=O) groups excluding carboxylic acids is 1. The van der Waals surface area contributed by atoms with E-state index < -0.39 is 0 Å². The first kappa shape index (κ1) is 14.7. The third kappa shape index (κ3) is 5.96. The van der Waals surface area contributed by atoms with E-state index in [1.54, 1.807) is 0 Å². The standard InChI is InChI=1S/C10H13IN2O.ClH/c1-7(12)5-10(14)13-9-4-2-3-8(11)6-9;/h2-4,6-7H,5,12H2,1H3,(H,13,14);1H. The third-order valence-corrected chi connectivity index (χ3v) is 2.29. The molecule has 0 aliphatic carbocycles. The zero-order valence-corrected chi connectivity index (χ0v) is 11.3. The first-order valence-electron chi connectivity index (χ1n) is 4.39. The molecule has 0 bridgehead atoms. The van der Waals surface area contributed by atoms with Gasteiger partial charge in [0.05, 0.1) is 0 Å². The smallest absolute Gasteiger partial charge is 0.225 e. The van der Waals surface area contributed by atoms with Crippen molar-refractivity contribution in [1.82, 2.24) is 0 Å². The van der Waals surface area contributed by atoms with Gasteiger partial charge in [-0.15, -0.1) is 12.4 Å². The summed E-state index contributed by atoms with van der Waals surface area (Å²) in [6.45, 7) is 1.81. The molecule has 1 rings (SSSR count). The summed E-state index contributed by atoms with van der Waals surface area (Å²) in [6, 6.07) is 7.56. The first-order chi connectivity index (χ1) is 6.58. The van der Waals surface area contributed by atoms with Gasteiger partial charge in [-0.3, -0.25) is 4.79 Å². The van der Waals surface area contributed by atoms with Crippen LogP contribution in [-0.2, 0) is 4.79 Å². The summed E-state index contributed by atoms with van der Waals surface area (Å²) in [5, 5.41) is 2.79. The minimum absolute atomic E-state index is 0. The molecule has 0 spiro atoms. The molecule has 1 atom stereocenters. The van der Waals surface area contributed by atoms with Crippen molar-refractivity contribution in [3.05, 3.63) is 27.8 Å². The predicted octanol–water partition coefficient (Wildman–Crippen LogP) is 2.39. The Morgan fingerprint density at radius 3 is 2.80 bits per heavy atom. The molecular weight excluding hydrogens is 326 g/mol. The predicted molar refractivity (Wildman–Crippen MR) is 73.3 cm³/mol. The largest absolute Gasteiger partial charge is 0.327 e. The molecule has 0 heterocycles. The van der Waals surface area contributed by atoms with E-state index in [1.165, 1.54) is 0 Å². The molecule has 1 aromatic rings. The Balaban J connectivity index is 0.00000196. The number of amides is 1. The molecule has 0 saturated heterocycles. The number of carbonyl (C=O) groups is 1. The number of nitrogens with one attached hydrogen (secondary N) is 1. The molecule has 84 valence electrons. The highest BCUT2D eigenvalue weighted by Crippen LogP contribution is 2.12. The Bertz CT molecular complexity index is 331. The van der Waals surface area contributed by atoms with Gasteiger partial charge in [-0.25, -0.2) is 0 Å². The van der Waals surface area contributed by atoms with E-state index in [0.717, 1.165) is 9.26 Å². The number of hydrogen-bond acceptors (Lipinski definition) is 2. The summed E-state index contributed by atoms with van der Waals surface area (Å²) in [4.78, 5) is 11.3. The maximum atomic E-state index is 11.3. The van der Waals surface area contributed by atoms with Gasteiger partial charge in [-0.05, 0) is 47.7 Å². The van der Waals surface area contributed by atoms with Crippen molar-refractivity contribution in [2.75, 3.05) is 5.32 Å². The molecule has 1 unspecified atom stereocenters. The maximum Gasteiger partial charge on any atom is 0.225 e. The van der Waals surface area contributed by atoms with E-state index in [1.807, 2.05) is 31.2 Å². The van der Waals surface area contributed by atoms with Crippen LogP contribution < -0.4 is 11.1 Å². The van der Waals surface area contributed by atoms with Crippen molar-refractivity contribution in [2.24, 2.45) is 5.73 Å². The molecule has 0 saturated carbocycles. The molecule has 15 heavy (non-hydrogen) atoms. The highest BCUT2D eigenvalue weighted by molar-refractivity contribution is 14.1. The van der Waals surface area contributed by atoms with Gasteiger partial charge in [-0.2, -0.15) is 0 Å². The zero-order chi connectivity index (χ0) is 10.6. The fraction of sp³-hybridized carbons (Fsp3) is 0.300. The molecule has 0 aliphatic rings. The van der Waals surface area contributed by atoms with Crippen LogP contribution in [0.25, 0.3) is 0 Å². The zero-order valence-electron chi connectivity index (χ0n) is 8.37. The molecule has 0 aliphatic heterocycles. The average Bonchev–Trinajstić information content (AvgIpc) is 2.01. The van der Waals surface area contributed by atoms with E-state index >= 15 is 0 Å². The lowest BCUT2D eigenvalue weighted by Gasteiger charge is -2.07. The normalized spacial score (nSPS) is 11.4. The van der Waals surface area contributed by atoms with Crippen LogP contribution in [0.4, 0.5) is 5.69 Å². The van der Waals surface area contributed by atoms with Crippen molar-refractivity contribution < 1.29 is 4.79 Å². The summed E-state index contributed by atoms with van der Waals surface area (Å²) in [7, 11) is 0. The SMILES string of the molecule is CC(N)CC(=O)Nc1cccc(I)c1.Cl. The van der Waals surface area contributed by atoms with Gasteiger partial charge in [0.15, 0.2) is 0 Å². The maximum absolute atomic E-state index is 11.3. The van der Waals surface area contributed by atoms with Gasteiger partial charge < -0.3 is 11.1 Å². The van der Waals surface area contributed by atoms with E-state index in [2.05, 4.69) is 27.9 Å². The van der Waals surface area contributed by atoms with Crippen molar-refractivity contribution in [3.8, 4) is 0 Å². The lowest BCUT2D eigenvalue weighted by Crippen LogP contribution is -2.23. The summed E-state index contributed by atoms with van der Waals surface area (Å²) >= 11 is 2.20. The molecule has 5 heteroatoms. The average molecular weight is 341 g/mol. The molecule has 3 nitrogen and oxygen atoms in total. The first-order valence-corrected chi connectivity index (χ1v) is 5.47. The van der Waals surface area contributed by atoms with Crippen molar-refractivity contribution in [3.63, 3.8) is 0 Å². The lowest BCUT2D eigenvalue weighted by atomic mass is 10.2. The molecule has 0 fully saturated rings. The lowest BCUT2D eigenvalue weighted by molar-refractivity contribution is -0.116. The Morgan fingerprint density at radius 2 is 2.27 bits per heavy atom. The van der Waals surface area contributed by atoms with Crippen LogP contribution in [0.15, 0.2) is 24.3 Å². The summed E-state index contributed by atoms with van der Waals surface area (Å²) in [5.41, 5.74) is 6.34. The Morgan fingerprint density at radius 1 is 1.60 bits per heavy atom. The summed E-state index contributed by atoms with van der Waals surface area (Å²) in [5.74, 6) is -0.0398. The van der Waals surface area contributed by atoms with Crippen LogP contribution in [0, 0.1) is 3.57 Å². The van der Waals surface area contributed by atoms with Gasteiger partial charge in [0.25, 0.3) is 0 Å². The van der Waals surface area contributed by atoms with Crippen molar-refractivity contribution >= 4 is 46.6 Å². The number of rotatable bonds is 3. The minimum Gasteiger partial charge on any atom is -0.327 e. The van der Waals surface area contributed by atoms with Crippen LogP contribution in [0.5, 0.6) is 0 Å². The fourth-order valence-corrected chi connectivity index (χ4v) is 1.61. The molecular formula is C10H14ClIN2O. The molecule has 0 aromatic heterocycles. The van der Waals surface area contributed by atoms with E-state index in [-0.39, 0.29) is 24.4 Å². The van der Waals surface area contributed by atoms with Crippen LogP contribution in [0.2, 0.25) is 0 Å². The van der Waals surface area contributed by atoms with Gasteiger partial charge in [0.2, 0.25) is 5.91 Å². The van der Waals surface area contributed by atoms with Crippen LogP contribution in [-0.4, -0.2) is 11.9 Å². The molecule has 1 aromatic carbocycles. The Hall–Kier alpha value is -0.330. The van der Waals surface area contributed by atoms with E-state index in [9.17, 15) is 4.79 Å². The van der Waals surface area contributed by atoms with Crippen molar-refractivity contribution in [2.45, 2.75) is 19.4 Å². The Labute approximate surface area is 109 Å². The molecule has 3 N–H and O–H groups in total. The number of hydrogen-bond donors (Lipinski definition) is 2.